The Hall–Kier alpha value is -3.16. The number of aromatic nitrogens is 4. The predicted molar refractivity (Wildman–Crippen MR) is 86.7 cm³/mol. The van der Waals surface area contributed by atoms with Crippen LogP contribution < -0.4 is 4.74 Å². The molecule has 0 saturated heterocycles. The first-order valence-electron chi connectivity index (χ1n) is 7.81. The molecular formula is C17H18N4O4. The predicted octanol–water partition coefficient (Wildman–Crippen LogP) is 2.00. The van der Waals surface area contributed by atoms with Crippen LogP contribution in [0.15, 0.2) is 47.1 Å². The second kappa shape index (κ2) is 8.09. The number of hydrogen-bond donors (Lipinski definition) is 0. The van der Waals surface area contributed by atoms with E-state index >= 15 is 0 Å². The molecule has 0 aliphatic carbocycles. The van der Waals surface area contributed by atoms with E-state index < -0.39 is 0 Å². The third-order valence-corrected chi connectivity index (χ3v) is 3.43. The van der Waals surface area contributed by atoms with Crippen molar-refractivity contribution in [1.29, 1.82) is 0 Å². The fraction of sp³-hybridized carbons (Fsp3) is 0.294. The first-order chi connectivity index (χ1) is 12.2. The Balaban J connectivity index is 1.51. The van der Waals surface area contributed by atoms with Gasteiger partial charge in [-0.25, -0.2) is 0 Å². The summed E-state index contributed by atoms with van der Waals surface area (Å²) >= 11 is 0. The monoisotopic (exact) mass is 342 g/mol. The van der Waals surface area contributed by atoms with Crippen LogP contribution in [0.5, 0.6) is 5.88 Å². The second-order valence-electron chi connectivity index (χ2n) is 5.31. The standard InChI is InChI=1S/C17H18N4O4/c1-23-17(22)8-7-15-18-14(20-25-15)11-21-10-9-16(19-21)24-12-13-5-3-2-4-6-13/h2-6,9-10H,7-8,11-12H2,1H3. The Morgan fingerprint density at radius 1 is 1.24 bits per heavy atom. The van der Waals surface area contributed by atoms with Crippen molar-refractivity contribution in [3.8, 4) is 5.88 Å². The van der Waals surface area contributed by atoms with Crippen LogP contribution in [0.4, 0.5) is 0 Å². The lowest BCUT2D eigenvalue weighted by molar-refractivity contribution is -0.140. The normalized spacial score (nSPS) is 10.6. The van der Waals surface area contributed by atoms with Gasteiger partial charge in [-0.1, -0.05) is 35.5 Å². The van der Waals surface area contributed by atoms with Gasteiger partial charge in [0.2, 0.25) is 11.8 Å². The Bertz CT molecular complexity index is 813. The van der Waals surface area contributed by atoms with Crippen molar-refractivity contribution in [3.05, 3.63) is 59.9 Å². The Morgan fingerprint density at radius 2 is 2.08 bits per heavy atom. The van der Waals surface area contributed by atoms with Crippen LogP contribution in [0.3, 0.4) is 0 Å². The molecule has 8 heteroatoms. The number of methoxy groups -OCH3 is 1. The maximum Gasteiger partial charge on any atom is 0.306 e. The van der Waals surface area contributed by atoms with Gasteiger partial charge < -0.3 is 14.0 Å². The van der Waals surface area contributed by atoms with Crippen molar-refractivity contribution in [1.82, 2.24) is 19.9 Å². The minimum absolute atomic E-state index is 0.206. The molecule has 2 aromatic heterocycles. The molecule has 0 amide bonds. The van der Waals surface area contributed by atoms with Gasteiger partial charge in [-0.05, 0) is 5.56 Å². The lowest BCUT2D eigenvalue weighted by Gasteiger charge is -2.02. The van der Waals surface area contributed by atoms with Gasteiger partial charge in [-0.3, -0.25) is 9.48 Å². The molecule has 3 aromatic rings. The van der Waals surface area contributed by atoms with E-state index in [1.54, 1.807) is 16.9 Å². The average molecular weight is 342 g/mol. The Morgan fingerprint density at radius 3 is 2.88 bits per heavy atom. The molecule has 3 rings (SSSR count). The van der Waals surface area contributed by atoms with Gasteiger partial charge in [0.05, 0.1) is 13.5 Å². The third kappa shape index (κ3) is 4.90. The van der Waals surface area contributed by atoms with E-state index in [0.717, 1.165) is 5.56 Å². The van der Waals surface area contributed by atoms with Crippen molar-refractivity contribution in [2.24, 2.45) is 0 Å². The van der Waals surface area contributed by atoms with Crippen molar-refractivity contribution < 1.29 is 18.8 Å². The number of hydrogen-bond acceptors (Lipinski definition) is 7. The number of aryl methyl sites for hydroxylation is 1. The highest BCUT2D eigenvalue weighted by atomic mass is 16.5. The SMILES string of the molecule is COC(=O)CCc1nc(Cn2ccc(OCc3ccccc3)n2)no1. The van der Waals surface area contributed by atoms with Gasteiger partial charge in [0.25, 0.3) is 0 Å². The highest BCUT2D eigenvalue weighted by Crippen LogP contribution is 2.10. The van der Waals surface area contributed by atoms with E-state index in [2.05, 4.69) is 20.0 Å². The summed E-state index contributed by atoms with van der Waals surface area (Å²) < 4.78 is 17.0. The number of nitrogens with zero attached hydrogens (tertiary/aromatic N) is 4. The molecule has 25 heavy (non-hydrogen) atoms. The largest absolute Gasteiger partial charge is 0.472 e. The molecule has 0 fully saturated rings. The van der Waals surface area contributed by atoms with E-state index in [9.17, 15) is 4.79 Å². The van der Waals surface area contributed by atoms with Gasteiger partial charge in [0, 0.05) is 18.7 Å². The molecule has 8 nitrogen and oxygen atoms in total. The zero-order valence-electron chi connectivity index (χ0n) is 13.8. The molecule has 0 bridgehead atoms. The number of rotatable bonds is 8. The van der Waals surface area contributed by atoms with Crippen LogP contribution in [-0.2, 0) is 29.1 Å². The van der Waals surface area contributed by atoms with Gasteiger partial charge in [-0.2, -0.15) is 4.98 Å². The number of carbonyl (C=O) groups is 1. The molecule has 0 N–H and O–H groups in total. The Kier molecular flexibility index (Phi) is 5.40. The first-order valence-corrected chi connectivity index (χ1v) is 7.81. The summed E-state index contributed by atoms with van der Waals surface area (Å²) in [5, 5.41) is 8.19. The van der Waals surface area contributed by atoms with Crippen LogP contribution in [0.2, 0.25) is 0 Å². The van der Waals surface area contributed by atoms with Gasteiger partial charge in [0.15, 0.2) is 5.82 Å². The maximum absolute atomic E-state index is 11.1. The molecule has 0 aliphatic heterocycles. The molecule has 2 heterocycles. The quantitative estimate of drug-likeness (QED) is 0.578. The summed E-state index contributed by atoms with van der Waals surface area (Å²) in [6.45, 7) is 0.814. The smallest absolute Gasteiger partial charge is 0.306 e. The molecule has 0 spiro atoms. The summed E-state index contributed by atoms with van der Waals surface area (Å²) in [4.78, 5) is 15.3. The van der Waals surface area contributed by atoms with E-state index in [4.69, 9.17) is 9.26 Å². The molecule has 130 valence electrons. The third-order valence-electron chi connectivity index (χ3n) is 3.43. The molecule has 0 atom stereocenters. The van der Waals surface area contributed by atoms with E-state index in [0.29, 0.717) is 37.2 Å². The average Bonchev–Trinajstić information content (AvgIpc) is 3.28. The molecule has 0 saturated carbocycles. The summed E-state index contributed by atoms with van der Waals surface area (Å²) in [6.07, 6.45) is 2.34. The van der Waals surface area contributed by atoms with Crippen molar-refractivity contribution in [3.63, 3.8) is 0 Å². The lowest BCUT2D eigenvalue weighted by atomic mass is 10.2. The minimum atomic E-state index is -0.313. The fourth-order valence-electron chi connectivity index (χ4n) is 2.15. The molecule has 0 unspecified atom stereocenters. The van der Waals surface area contributed by atoms with Crippen LogP contribution >= 0.6 is 0 Å². The van der Waals surface area contributed by atoms with Crippen molar-refractivity contribution >= 4 is 5.97 Å². The number of ether oxygens (including phenoxy) is 2. The molecular weight excluding hydrogens is 324 g/mol. The molecule has 1 aromatic carbocycles. The van der Waals surface area contributed by atoms with Gasteiger partial charge in [-0.15, -0.1) is 5.10 Å². The van der Waals surface area contributed by atoms with Crippen LogP contribution in [0.25, 0.3) is 0 Å². The van der Waals surface area contributed by atoms with Crippen LogP contribution in [0.1, 0.15) is 23.7 Å². The van der Waals surface area contributed by atoms with E-state index in [1.807, 2.05) is 30.3 Å². The summed E-state index contributed by atoms with van der Waals surface area (Å²) in [7, 11) is 1.34. The highest BCUT2D eigenvalue weighted by Gasteiger charge is 2.10. The molecule has 0 aliphatic rings. The number of benzene rings is 1. The second-order valence-corrected chi connectivity index (χ2v) is 5.31. The number of esters is 1. The topological polar surface area (TPSA) is 92.3 Å². The van der Waals surface area contributed by atoms with Gasteiger partial charge in [0.1, 0.15) is 13.2 Å². The highest BCUT2D eigenvalue weighted by molar-refractivity contribution is 5.69. The fourth-order valence-corrected chi connectivity index (χ4v) is 2.15. The minimum Gasteiger partial charge on any atom is -0.472 e. The Labute approximate surface area is 144 Å². The molecule has 0 radical (unpaired) electrons. The van der Waals surface area contributed by atoms with Crippen LogP contribution in [0, 0.1) is 0 Å². The van der Waals surface area contributed by atoms with Crippen molar-refractivity contribution in [2.75, 3.05) is 7.11 Å². The number of carbonyl (C=O) groups excluding carboxylic acids is 1. The summed E-state index contributed by atoms with van der Waals surface area (Å²) in [6, 6.07) is 11.7. The van der Waals surface area contributed by atoms with E-state index in [-0.39, 0.29) is 12.4 Å². The van der Waals surface area contributed by atoms with Gasteiger partial charge >= 0.3 is 5.97 Å². The van der Waals surface area contributed by atoms with Crippen LogP contribution in [-0.4, -0.2) is 33.0 Å². The zero-order valence-corrected chi connectivity index (χ0v) is 13.8. The van der Waals surface area contributed by atoms with E-state index in [1.165, 1.54) is 7.11 Å². The summed E-state index contributed by atoms with van der Waals surface area (Å²) in [5.41, 5.74) is 1.07. The summed E-state index contributed by atoms with van der Waals surface area (Å²) in [5.74, 6) is 1.09. The zero-order chi connectivity index (χ0) is 17.5. The lowest BCUT2D eigenvalue weighted by Crippen LogP contribution is -2.04. The first kappa shape index (κ1) is 16.7. The maximum atomic E-state index is 11.1. The van der Waals surface area contributed by atoms with Crippen molar-refractivity contribution in [2.45, 2.75) is 26.0 Å².